The summed E-state index contributed by atoms with van der Waals surface area (Å²) in [6, 6.07) is -0.414. The second-order valence-electron chi connectivity index (χ2n) is 2.64. The Bertz CT molecular complexity index is 237. The van der Waals surface area contributed by atoms with E-state index in [4.69, 9.17) is 11.6 Å². The van der Waals surface area contributed by atoms with E-state index in [-0.39, 0.29) is 11.7 Å². The summed E-state index contributed by atoms with van der Waals surface area (Å²) in [7, 11) is 0. The van der Waals surface area contributed by atoms with Crippen molar-refractivity contribution in [3.8, 4) is 0 Å². The van der Waals surface area contributed by atoms with E-state index >= 15 is 0 Å². The molecule has 0 aliphatic carbocycles. The number of alkyl halides is 1. The third kappa shape index (κ3) is 4.97. The van der Waals surface area contributed by atoms with E-state index < -0.39 is 11.9 Å². The maximum Gasteiger partial charge on any atom is 0.157 e. The van der Waals surface area contributed by atoms with Crippen LogP contribution in [0.2, 0.25) is 0 Å². The molecule has 0 aromatic heterocycles. The second-order valence-corrected chi connectivity index (χ2v) is 2.95. The fraction of sp³-hybridized carbons (Fsp3) is 0.556. The van der Waals surface area contributed by atoms with E-state index in [9.17, 15) is 9.18 Å². The van der Waals surface area contributed by atoms with Crippen molar-refractivity contribution in [1.82, 2.24) is 5.32 Å². The molecule has 5 heteroatoms. The molecule has 0 radical (unpaired) electrons. The Kier molecular flexibility index (Phi) is 7.02. The van der Waals surface area contributed by atoms with Crippen molar-refractivity contribution in [2.75, 3.05) is 5.88 Å². The predicted octanol–water partition coefficient (Wildman–Crippen LogP) is 2.02. The van der Waals surface area contributed by atoms with Crippen LogP contribution in [-0.4, -0.2) is 24.4 Å². The molecule has 1 N–H and O–H groups in total. The molecule has 0 saturated heterocycles. The zero-order valence-electron chi connectivity index (χ0n) is 8.26. The van der Waals surface area contributed by atoms with Gasteiger partial charge in [-0.1, -0.05) is 6.92 Å². The first kappa shape index (κ1) is 13.1. The van der Waals surface area contributed by atoms with E-state index in [1.807, 2.05) is 6.92 Å². The number of allylic oxidation sites excluding steroid dienone is 1. The normalized spacial score (nSPS) is 15.1. The lowest BCUT2D eigenvalue weighted by Gasteiger charge is -2.11. The Morgan fingerprint density at radius 1 is 1.71 bits per heavy atom. The molecule has 0 spiro atoms. The van der Waals surface area contributed by atoms with Gasteiger partial charge in [0.25, 0.3) is 0 Å². The average molecular weight is 221 g/mol. The molecular weight excluding hydrogens is 207 g/mol. The summed E-state index contributed by atoms with van der Waals surface area (Å²) in [6.45, 7) is 3.09. The molecule has 80 valence electrons. The van der Waals surface area contributed by atoms with Crippen LogP contribution in [0.3, 0.4) is 0 Å². The molecular formula is C9H14ClFN2O. The Labute approximate surface area is 88.0 Å². The number of nitrogens with one attached hydrogen (secondary N) is 1. The van der Waals surface area contributed by atoms with Crippen LogP contribution >= 0.6 is 11.6 Å². The van der Waals surface area contributed by atoms with Crippen molar-refractivity contribution < 1.29 is 9.18 Å². The second kappa shape index (κ2) is 7.50. The highest BCUT2D eigenvalue weighted by molar-refractivity contribution is 6.24. The van der Waals surface area contributed by atoms with Crippen LogP contribution in [0, 0.1) is 0 Å². The van der Waals surface area contributed by atoms with Gasteiger partial charge >= 0.3 is 0 Å². The predicted molar refractivity (Wildman–Crippen MR) is 56.3 cm³/mol. The van der Waals surface area contributed by atoms with Crippen molar-refractivity contribution in [2.45, 2.75) is 26.3 Å². The first-order chi connectivity index (χ1) is 6.65. The first-order valence-corrected chi connectivity index (χ1v) is 4.85. The SMILES string of the molecule is CCC(C=O)NC(/N=C\CCl)=C(/C)F. The number of carbonyl (C=O) groups is 1. The van der Waals surface area contributed by atoms with Crippen molar-refractivity contribution in [1.29, 1.82) is 0 Å². The van der Waals surface area contributed by atoms with Gasteiger partial charge in [-0.3, -0.25) is 0 Å². The fourth-order valence-corrected chi connectivity index (χ4v) is 0.828. The van der Waals surface area contributed by atoms with Gasteiger partial charge in [0.2, 0.25) is 0 Å². The number of rotatable bonds is 6. The number of carbonyl (C=O) groups excluding carboxylic acids is 1. The zero-order valence-corrected chi connectivity index (χ0v) is 9.01. The molecule has 0 aromatic carbocycles. The minimum absolute atomic E-state index is 0.0598. The molecule has 0 fully saturated rings. The lowest BCUT2D eigenvalue weighted by Crippen LogP contribution is -2.29. The number of aldehydes is 1. The van der Waals surface area contributed by atoms with Gasteiger partial charge in [-0.15, -0.1) is 11.6 Å². The third-order valence-corrected chi connectivity index (χ3v) is 1.68. The van der Waals surface area contributed by atoms with Gasteiger partial charge in [-0.05, 0) is 13.3 Å². The molecule has 0 heterocycles. The molecule has 3 nitrogen and oxygen atoms in total. The summed E-state index contributed by atoms with van der Waals surface area (Å²) in [5, 5.41) is 2.67. The van der Waals surface area contributed by atoms with Gasteiger partial charge in [0.1, 0.15) is 12.1 Å². The largest absolute Gasteiger partial charge is 0.358 e. The van der Waals surface area contributed by atoms with Gasteiger partial charge in [-0.25, -0.2) is 9.38 Å². The Balaban J connectivity index is 4.46. The van der Waals surface area contributed by atoms with Crippen molar-refractivity contribution >= 4 is 24.1 Å². The highest BCUT2D eigenvalue weighted by Gasteiger charge is 2.07. The summed E-state index contributed by atoms with van der Waals surface area (Å²) in [5.41, 5.74) is 0. The maximum absolute atomic E-state index is 12.9. The Morgan fingerprint density at radius 3 is 2.71 bits per heavy atom. The van der Waals surface area contributed by atoms with Crippen molar-refractivity contribution in [3.05, 3.63) is 11.6 Å². The number of halogens is 2. The summed E-state index contributed by atoms with van der Waals surface area (Å²) >= 11 is 5.36. The van der Waals surface area contributed by atoms with Gasteiger partial charge < -0.3 is 10.1 Å². The van der Waals surface area contributed by atoms with Crippen LogP contribution in [0.15, 0.2) is 16.6 Å². The highest BCUT2D eigenvalue weighted by atomic mass is 35.5. The number of aliphatic imine (C=N–C) groups is 1. The van der Waals surface area contributed by atoms with E-state index in [1.54, 1.807) is 0 Å². The van der Waals surface area contributed by atoms with E-state index in [2.05, 4.69) is 10.3 Å². The number of hydrogen-bond acceptors (Lipinski definition) is 3. The van der Waals surface area contributed by atoms with Crippen LogP contribution in [0.25, 0.3) is 0 Å². The zero-order chi connectivity index (χ0) is 11.0. The summed E-state index contributed by atoms with van der Waals surface area (Å²) in [4.78, 5) is 14.2. The quantitative estimate of drug-likeness (QED) is 0.423. The summed E-state index contributed by atoms with van der Waals surface area (Å²) in [5.74, 6) is -0.202. The van der Waals surface area contributed by atoms with Crippen LogP contribution in [0.1, 0.15) is 20.3 Å². The Morgan fingerprint density at radius 2 is 2.36 bits per heavy atom. The minimum atomic E-state index is -0.466. The lowest BCUT2D eigenvalue weighted by molar-refractivity contribution is -0.109. The van der Waals surface area contributed by atoms with Gasteiger partial charge in [0.05, 0.1) is 11.9 Å². The third-order valence-electron chi connectivity index (χ3n) is 1.54. The smallest absolute Gasteiger partial charge is 0.157 e. The van der Waals surface area contributed by atoms with Gasteiger partial charge in [-0.2, -0.15) is 0 Å². The van der Waals surface area contributed by atoms with Crippen LogP contribution in [0.5, 0.6) is 0 Å². The number of hydrogen-bond donors (Lipinski definition) is 1. The standard InChI is InChI=1S/C9H14ClFN2O/c1-3-8(6-14)13-9(7(2)11)12-5-4-10/h5-6,8,13H,3-4H2,1-2H3/b9-7-,12-5-. The molecule has 1 atom stereocenters. The number of nitrogens with zero attached hydrogens (tertiary/aromatic N) is 1. The molecule has 1 unspecified atom stereocenters. The van der Waals surface area contributed by atoms with Crippen molar-refractivity contribution in [3.63, 3.8) is 0 Å². The molecule has 0 amide bonds. The average Bonchev–Trinajstić information content (AvgIpc) is 2.18. The first-order valence-electron chi connectivity index (χ1n) is 4.32. The van der Waals surface area contributed by atoms with E-state index in [1.165, 1.54) is 13.1 Å². The van der Waals surface area contributed by atoms with E-state index in [0.717, 1.165) is 6.29 Å². The lowest BCUT2D eigenvalue weighted by atomic mass is 10.2. The van der Waals surface area contributed by atoms with Crippen LogP contribution in [-0.2, 0) is 4.79 Å². The van der Waals surface area contributed by atoms with Crippen LogP contribution < -0.4 is 5.32 Å². The van der Waals surface area contributed by atoms with Gasteiger partial charge in [0.15, 0.2) is 5.82 Å². The van der Waals surface area contributed by atoms with Crippen LogP contribution in [0.4, 0.5) is 4.39 Å². The molecule has 0 aromatic rings. The van der Waals surface area contributed by atoms with Crippen molar-refractivity contribution in [2.24, 2.45) is 4.99 Å². The molecule has 0 aliphatic heterocycles. The minimum Gasteiger partial charge on any atom is -0.358 e. The molecule has 0 aliphatic rings. The molecule has 14 heavy (non-hydrogen) atoms. The Hall–Kier alpha value is -0.900. The highest BCUT2D eigenvalue weighted by Crippen LogP contribution is 2.05. The maximum atomic E-state index is 12.9. The van der Waals surface area contributed by atoms with Gasteiger partial charge in [0, 0.05) is 6.21 Å². The summed E-state index contributed by atoms with van der Waals surface area (Å²) < 4.78 is 12.9. The van der Waals surface area contributed by atoms with E-state index in [0.29, 0.717) is 6.42 Å². The fourth-order valence-electron chi connectivity index (χ4n) is 0.759. The summed E-state index contributed by atoms with van der Waals surface area (Å²) in [6.07, 6.45) is 2.67. The monoisotopic (exact) mass is 220 g/mol. The topological polar surface area (TPSA) is 41.5 Å². The molecule has 0 rings (SSSR count). The molecule has 0 saturated carbocycles. The molecule has 0 bridgehead atoms.